The molecule has 0 bridgehead atoms. The maximum Gasteiger partial charge on any atom is 0.0417 e. The Bertz CT molecular complexity index is 467. The van der Waals surface area contributed by atoms with Gasteiger partial charge in [-0.25, -0.2) is 0 Å². The van der Waals surface area contributed by atoms with E-state index in [4.69, 9.17) is 23.2 Å². The standard InChI is InChI=1S/C14H12Cl2S2/c15-11-3-1-5-13(9-11)17-7-8-18-14-6-2-4-12(16)10-14/h1-6,9-10H,7-8H2. The number of rotatable bonds is 5. The minimum Gasteiger partial charge on any atom is -0.125 e. The molecule has 0 amide bonds. The average molecular weight is 315 g/mol. The quantitative estimate of drug-likeness (QED) is 0.499. The van der Waals surface area contributed by atoms with Crippen LogP contribution in [0.2, 0.25) is 10.0 Å². The van der Waals surface area contributed by atoms with Crippen LogP contribution in [0.5, 0.6) is 0 Å². The van der Waals surface area contributed by atoms with Crippen molar-refractivity contribution < 1.29 is 0 Å². The van der Waals surface area contributed by atoms with E-state index >= 15 is 0 Å². The van der Waals surface area contributed by atoms with Crippen molar-refractivity contribution in [1.29, 1.82) is 0 Å². The van der Waals surface area contributed by atoms with E-state index in [1.54, 1.807) is 0 Å². The number of hydrogen-bond acceptors (Lipinski definition) is 2. The molecule has 94 valence electrons. The normalized spacial score (nSPS) is 10.6. The maximum absolute atomic E-state index is 5.94. The molecule has 0 aliphatic heterocycles. The Kier molecular flexibility index (Phi) is 5.77. The topological polar surface area (TPSA) is 0 Å². The van der Waals surface area contributed by atoms with Gasteiger partial charge in [0.2, 0.25) is 0 Å². The van der Waals surface area contributed by atoms with Gasteiger partial charge in [0.05, 0.1) is 0 Å². The molecule has 0 heterocycles. The predicted octanol–water partition coefficient (Wildman–Crippen LogP) is 5.88. The van der Waals surface area contributed by atoms with Crippen molar-refractivity contribution in [2.75, 3.05) is 11.5 Å². The molecule has 0 nitrogen and oxygen atoms in total. The highest BCUT2D eigenvalue weighted by atomic mass is 35.5. The molecule has 0 saturated carbocycles. The van der Waals surface area contributed by atoms with E-state index in [0.29, 0.717) is 0 Å². The van der Waals surface area contributed by atoms with Crippen LogP contribution < -0.4 is 0 Å². The summed E-state index contributed by atoms with van der Waals surface area (Å²) in [7, 11) is 0. The summed E-state index contributed by atoms with van der Waals surface area (Å²) in [5, 5.41) is 1.59. The molecule has 0 aliphatic carbocycles. The first kappa shape index (κ1) is 14.1. The minimum absolute atomic E-state index is 0.794. The first-order valence-electron chi connectivity index (χ1n) is 5.51. The van der Waals surface area contributed by atoms with E-state index in [-0.39, 0.29) is 0 Å². The Morgan fingerprint density at radius 1 is 0.722 bits per heavy atom. The molecule has 0 radical (unpaired) electrons. The highest BCUT2D eigenvalue weighted by Gasteiger charge is 1.98. The molecule has 0 fully saturated rings. The maximum atomic E-state index is 5.94. The smallest absolute Gasteiger partial charge is 0.0417 e. The third kappa shape index (κ3) is 4.77. The summed E-state index contributed by atoms with van der Waals surface area (Å²) in [5.41, 5.74) is 0. The molecule has 18 heavy (non-hydrogen) atoms. The zero-order chi connectivity index (χ0) is 12.8. The molecule has 0 spiro atoms. The number of halogens is 2. The second kappa shape index (κ2) is 7.34. The second-order valence-corrected chi connectivity index (χ2v) is 6.82. The van der Waals surface area contributed by atoms with Crippen LogP contribution in [-0.4, -0.2) is 11.5 Å². The van der Waals surface area contributed by atoms with Crippen LogP contribution in [0.1, 0.15) is 0 Å². The van der Waals surface area contributed by atoms with Crippen molar-refractivity contribution in [1.82, 2.24) is 0 Å². The fourth-order valence-corrected chi connectivity index (χ4v) is 3.85. The fraction of sp³-hybridized carbons (Fsp3) is 0.143. The van der Waals surface area contributed by atoms with Crippen LogP contribution in [0, 0.1) is 0 Å². The summed E-state index contributed by atoms with van der Waals surface area (Å²) in [6.45, 7) is 0. The predicted molar refractivity (Wildman–Crippen MR) is 84.4 cm³/mol. The van der Waals surface area contributed by atoms with Gasteiger partial charge in [-0.1, -0.05) is 35.3 Å². The SMILES string of the molecule is Clc1cccc(SCCSc2cccc(Cl)c2)c1. The zero-order valence-corrected chi connectivity index (χ0v) is 12.8. The van der Waals surface area contributed by atoms with Crippen molar-refractivity contribution in [3.05, 3.63) is 58.6 Å². The lowest BCUT2D eigenvalue weighted by Crippen LogP contribution is -1.84. The van der Waals surface area contributed by atoms with Gasteiger partial charge < -0.3 is 0 Å². The molecule has 0 aromatic heterocycles. The summed E-state index contributed by atoms with van der Waals surface area (Å²) >= 11 is 15.5. The van der Waals surface area contributed by atoms with Gasteiger partial charge >= 0.3 is 0 Å². The van der Waals surface area contributed by atoms with Crippen molar-refractivity contribution in [2.24, 2.45) is 0 Å². The van der Waals surface area contributed by atoms with E-state index in [9.17, 15) is 0 Å². The fourth-order valence-electron chi connectivity index (χ4n) is 1.43. The average Bonchev–Trinajstić information content (AvgIpc) is 2.35. The van der Waals surface area contributed by atoms with E-state index in [2.05, 4.69) is 12.1 Å². The Balaban J connectivity index is 1.76. The van der Waals surface area contributed by atoms with Gasteiger partial charge in [0, 0.05) is 31.3 Å². The Morgan fingerprint density at radius 2 is 1.17 bits per heavy atom. The van der Waals surface area contributed by atoms with E-state index in [1.807, 2.05) is 59.9 Å². The van der Waals surface area contributed by atoms with Gasteiger partial charge in [-0.3, -0.25) is 0 Å². The lowest BCUT2D eigenvalue weighted by Gasteiger charge is -2.03. The van der Waals surface area contributed by atoms with Gasteiger partial charge in [-0.05, 0) is 36.4 Å². The van der Waals surface area contributed by atoms with Crippen LogP contribution >= 0.6 is 46.7 Å². The molecular weight excluding hydrogens is 303 g/mol. The van der Waals surface area contributed by atoms with Crippen molar-refractivity contribution >= 4 is 46.7 Å². The van der Waals surface area contributed by atoms with Crippen LogP contribution in [0.15, 0.2) is 58.3 Å². The van der Waals surface area contributed by atoms with Gasteiger partial charge in [0.15, 0.2) is 0 Å². The molecule has 0 unspecified atom stereocenters. The largest absolute Gasteiger partial charge is 0.125 e. The summed E-state index contributed by atoms with van der Waals surface area (Å²) in [4.78, 5) is 2.43. The third-order valence-corrected chi connectivity index (χ3v) is 4.93. The lowest BCUT2D eigenvalue weighted by atomic mass is 10.4. The Morgan fingerprint density at radius 3 is 1.56 bits per heavy atom. The van der Waals surface area contributed by atoms with E-state index in [0.717, 1.165) is 21.6 Å². The van der Waals surface area contributed by atoms with Crippen LogP contribution in [-0.2, 0) is 0 Å². The van der Waals surface area contributed by atoms with Crippen LogP contribution in [0.4, 0.5) is 0 Å². The molecule has 0 N–H and O–H groups in total. The molecule has 2 aromatic rings. The van der Waals surface area contributed by atoms with Gasteiger partial charge in [-0.2, -0.15) is 0 Å². The highest BCUT2D eigenvalue weighted by molar-refractivity contribution is 8.03. The van der Waals surface area contributed by atoms with Crippen molar-refractivity contribution in [3.8, 4) is 0 Å². The molecule has 4 heteroatoms. The molecule has 2 aromatic carbocycles. The molecule has 2 rings (SSSR count). The summed E-state index contributed by atoms with van der Waals surface area (Å²) < 4.78 is 0. The summed E-state index contributed by atoms with van der Waals surface area (Å²) in [6, 6.07) is 15.9. The van der Waals surface area contributed by atoms with Gasteiger partial charge in [0.1, 0.15) is 0 Å². The number of thioether (sulfide) groups is 2. The Labute approximate surface area is 126 Å². The highest BCUT2D eigenvalue weighted by Crippen LogP contribution is 2.26. The minimum atomic E-state index is 0.794. The third-order valence-electron chi connectivity index (χ3n) is 2.21. The zero-order valence-electron chi connectivity index (χ0n) is 9.61. The van der Waals surface area contributed by atoms with Crippen LogP contribution in [0.3, 0.4) is 0 Å². The van der Waals surface area contributed by atoms with Crippen LogP contribution in [0.25, 0.3) is 0 Å². The lowest BCUT2D eigenvalue weighted by molar-refractivity contribution is 1.41. The van der Waals surface area contributed by atoms with Crippen molar-refractivity contribution in [2.45, 2.75) is 9.79 Å². The molecular formula is C14H12Cl2S2. The summed E-state index contributed by atoms with van der Waals surface area (Å²) in [5.74, 6) is 2.11. The van der Waals surface area contributed by atoms with Gasteiger partial charge in [-0.15, -0.1) is 23.5 Å². The van der Waals surface area contributed by atoms with E-state index < -0.39 is 0 Å². The second-order valence-electron chi connectivity index (χ2n) is 3.61. The molecule has 0 atom stereocenters. The molecule has 0 aliphatic rings. The van der Waals surface area contributed by atoms with E-state index in [1.165, 1.54) is 9.79 Å². The van der Waals surface area contributed by atoms with Gasteiger partial charge in [0.25, 0.3) is 0 Å². The number of benzene rings is 2. The summed E-state index contributed by atoms with van der Waals surface area (Å²) in [6.07, 6.45) is 0. The molecule has 0 saturated heterocycles. The first-order chi connectivity index (χ1) is 8.74. The Hall–Kier alpha value is -0.280. The number of hydrogen-bond donors (Lipinski definition) is 0. The monoisotopic (exact) mass is 314 g/mol. The first-order valence-corrected chi connectivity index (χ1v) is 8.23. The van der Waals surface area contributed by atoms with Crippen molar-refractivity contribution in [3.63, 3.8) is 0 Å².